The second-order valence-corrected chi connectivity index (χ2v) is 6.69. The fourth-order valence-corrected chi connectivity index (χ4v) is 2.42. The van der Waals surface area contributed by atoms with Crippen molar-refractivity contribution in [1.29, 1.82) is 0 Å². The van der Waals surface area contributed by atoms with Gasteiger partial charge < -0.3 is 5.32 Å². The van der Waals surface area contributed by atoms with Crippen molar-refractivity contribution in [3.8, 4) is 0 Å². The molecule has 1 unspecified atom stereocenters. The Hall–Kier alpha value is -0.0500. The van der Waals surface area contributed by atoms with Crippen molar-refractivity contribution in [2.75, 3.05) is 6.54 Å². The van der Waals surface area contributed by atoms with Crippen LogP contribution in [-0.2, 0) is 0 Å². The van der Waals surface area contributed by atoms with Gasteiger partial charge in [-0.15, -0.1) is 0 Å². The molecule has 0 aromatic heterocycles. The van der Waals surface area contributed by atoms with Gasteiger partial charge in [-0.05, 0) is 52.0 Å². The molecule has 0 bridgehead atoms. The van der Waals surface area contributed by atoms with Crippen LogP contribution in [0.3, 0.4) is 0 Å². The van der Waals surface area contributed by atoms with Crippen molar-refractivity contribution in [2.45, 2.75) is 40.2 Å². The van der Waals surface area contributed by atoms with Crippen LogP contribution in [0.5, 0.6) is 0 Å². The van der Waals surface area contributed by atoms with E-state index in [9.17, 15) is 0 Å². The molecule has 17 heavy (non-hydrogen) atoms. The molecule has 96 valence electrons. The van der Waals surface area contributed by atoms with Gasteiger partial charge in [0.05, 0.1) is 5.02 Å². The monoisotopic (exact) mass is 317 g/mol. The van der Waals surface area contributed by atoms with Crippen molar-refractivity contribution >= 4 is 27.5 Å². The highest BCUT2D eigenvalue weighted by Crippen LogP contribution is 2.35. The van der Waals surface area contributed by atoms with E-state index in [-0.39, 0.29) is 5.41 Å². The highest BCUT2D eigenvalue weighted by molar-refractivity contribution is 9.10. The minimum Gasteiger partial charge on any atom is -0.309 e. The number of nitrogens with one attached hydrogen (secondary N) is 1. The quantitative estimate of drug-likeness (QED) is 0.805. The average molecular weight is 319 g/mol. The summed E-state index contributed by atoms with van der Waals surface area (Å²) in [6.45, 7) is 9.97. The molecule has 1 aromatic carbocycles. The fourth-order valence-electron chi connectivity index (χ4n) is 1.90. The predicted molar refractivity (Wildman–Crippen MR) is 79.6 cm³/mol. The van der Waals surface area contributed by atoms with E-state index in [1.54, 1.807) is 0 Å². The van der Waals surface area contributed by atoms with Crippen molar-refractivity contribution in [3.05, 3.63) is 33.3 Å². The Kier molecular flexibility index (Phi) is 5.49. The van der Waals surface area contributed by atoms with E-state index in [4.69, 9.17) is 11.6 Å². The normalized spacial score (nSPS) is 13.8. The molecule has 3 heteroatoms. The summed E-state index contributed by atoms with van der Waals surface area (Å²) < 4.78 is 0.962. The largest absolute Gasteiger partial charge is 0.309 e. The molecule has 0 fully saturated rings. The summed E-state index contributed by atoms with van der Waals surface area (Å²) in [7, 11) is 0. The first-order chi connectivity index (χ1) is 7.86. The van der Waals surface area contributed by atoms with Crippen LogP contribution < -0.4 is 5.32 Å². The first-order valence-corrected chi connectivity index (χ1v) is 7.21. The van der Waals surface area contributed by atoms with Gasteiger partial charge in [-0.2, -0.15) is 0 Å². The molecule has 1 aromatic rings. The van der Waals surface area contributed by atoms with E-state index in [2.05, 4.69) is 61.1 Å². The van der Waals surface area contributed by atoms with Crippen LogP contribution in [0.2, 0.25) is 5.02 Å². The van der Waals surface area contributed by atoms with Gasteiger partial charge in [0, 0.05) is 10.5 Å². The Balaban J connectivity index is 3.00. The summed E-state index contributed by atoms with van der Waals surface area (Å²) in [5.41, 5.74) is 1.46. The zero-order chi connectivity index (χ0) is 13.1. The Morgan fingerprint density at radius 3 is 2.47 bits per heavy atom. The van der Waals surface area contributed by atoms with E-state index in [0.29, 0.717) is 6.04 Å². The topological polar surface area (TPSA) is 12.0 Å². The molecule has 0 saturated heterocycles. The first-order valence-electron chi connectivity index (χ1n) is 6.04. The van der Waals surface area contributed by atoms with Gasteiger partial charge in [-0.25, -0.2) is 0 Å². The number of benzene rings is 1. The second kappa shape index (κ2) is 6.21. The summed E-state index contributed by atoms with van der Waals surface area (Å²) in [5, 5.41) is 4.37. The van der Waals surface area contributed by atoms with Crippen LogP contribution in [0.25, 0.3) is 0 Å². The lowest BCUT2D eigenvalue weighted by molar-refractivity contribution is 0.273. The zero-order valence-electron chi connectivity index (χ0n) is 11.0. The van der Waals surface area contributed by atoms with Gasteiger partial charge in [0.2, 0.25) is 0 Å². The lowest BCUT2D eigenvalue weighted by Gasteiger charge is -2.32. The van der Waals surface area contributed by atoms with E-state index in [0.717, 1.165) is 22.5 Å². The number of halogens is 2. The highest BCUT2D eigenvalue weighted by atomic mass is 79.9. The van der Waals surface area contributed by atoms with E-state index in [1.165, 1.54) is 5.56 Å². The summed E-state index contributed by atoms with van der Waals surface area (Å²) in [4.78, 5) is 0. The van der Waals surface area contributed by atoms with E-state index in [1.807, 2.05) is 6.07 Å². The maximum atomic E-state index is 6.04. The third-order valence-corrected chi connectivity index (χ3v) is 3.96. The Labute approximate surface area is 118 Å². The van der Waals surface area contributed by atoms with Crippen molar-refractivity contribution in [2.24, 2.45) is 5.41 Å². The lowest BCUT2D eigenvalue weighted by atomic mass is 9.82. The third kappa shape index (κ3) is 4.27. The van der Waals surface area contributed by atoms with E-state index >= 15 is 0 Å². The minimum atomic E-state index is 0.183. The molecule has 0 radical (unpaired) electrons. The molecular weight excluding hydrogens is 298 g/mol. The molecule has 0 heterocycles. The zero-order valence-corrected chi connectivity index (χ0v) is 13.3. The molecule has 0 aliphatic carbocycles. The van der Waals surface area contributed by atoms with Crippen molar-refractivity contribution < 1.29 is 0 Å². The van der Waals surface area contributed by atoms with Crippen LogP contribution in [0.4, 0.5) is 0 Å². The van der Waals surface area contributed by atoms with Crippen molar-refractivity contribution in [3.63, 3.8) is 0 Å². The summed E-state index contributed by atoms with van der Waals surface area (Å²) in [6.07, 6.45) is 1.14. The van der Waals surface area contributed by atoms with Crippen molar-refractivity contribution in [1.82, 2.24) is 5.32 Å². The molecule has 1 rings (SSSR count). The first kappa shape index (κ1) is 15.0. The Morgan fingerprint density at radius 1 is 1.35 bits per heavy atom. The van der Waals surface area contributed by atoms with Gasteiger partial charge in [-0.1, -0.05) is 45.4 Å². The standard InChI is InChI=1S/C14H21BrClN/c1-5-8-17-13(14(2,3)4)10-6-7-12(16)11(15)9-10/h6-7,9,13,17H,5,8H2,1-4H3. The van der Waals surface area contributed by atoms with Crippen LogP contribution in [0, 0.1) is 5.41 Å². The second-order valence-electron chi connectivity index (χ2n) is 5.43. The Bertz CT molecular complexity index is 371. The number of hydrogen-bond acceptors (Lipinski definition) is 1. The lowest BCUT2D eigenvalue weighted by Crippen LogP contribution is -2.32. The third-order valence-electron chi connectivity index (χ3n) is 2.74. The molecule has 0 aliphatic heterocycles. The van der Waals surface area contributed by atoms with Crippen LogP contribution in [-0.4, -0.2) is 6.54 Å². The predicted octanol–water partition coefficient (Wildman–Crippen LogP) is 5.19. The van der Waals surface area contributed by atoms with Gasteiger partial charge in [0.1, 0.15) is 0 Å². The van der Waals surface area contributed by atoms with Crippen LogP contribution >= 0.6 is 27.5 Å². The molecule has 1 N–H and O–H groups in total. The molecule has 0 spiro atoms. The van der Waals surface area contributed by atoms with Gasteiger partial charge >= 0.3 is 0 Å². The average Bonchev–Trinajstić information content (AvgIpc) is 2.22. The number of hydrogen-bond donors (Lipinski definition) is 1. The maximum absolute atomic E-state index is 6.04. The number of rotatable bonds is 4. The smallest absolute Gasteiger partial charge is 0.0548 e. The molecule has 0 aliphatic rings. The summed E-state index contributed by atoms with van der Waals surface area (Å²) in [6, 6.07) is 6.51. The van der Waals surface area contributed by atoms with Gasteiger partial charge in [0.15, 0.2) is 0 Å². The van der Waals surface area contributed by atoms with Crippen LogP contribution in [0.1, 0.15) is 45.7 Å². The molecule has 0 saturated carbocycles. The highest BCUT2D eigenvalue weighted by Gasteiger charge is 2.25. The summed E-state index contributed by atoms with van der Waals surface area (Å²) in [5.74, 6) is 0. The fraction of sp³-hybridized carbons (Fsp3) is 0.571. The van der Waals surface area contributed by atoms with Gasteiger partial charge in [0.25, 0.3) is 0 Å². The SMILES string of the molecule is CCCNC(c1ccc(Cl)c(Br)c1)C(C)(C)C. The molecule has 0 amide bonds. The van der Waals surface area contributed by atoms with E-state index < -0.39 is 0 Å². The molecular formula is C14H21BrClN. The molecule has 1 atom stereocenters. The minimum absolute atomic E-state index is 0.183. The molecule has 1 nitrogen and oxygen atoms in total. The Morgan fingerprint density at radius 2 is 2.00 bits per heavy atom. The van der Waals surface area contributed by atoms with Crippen LogP contribution in [0.15, 0.2) is 22.7 Å². The maximum Gasteiger partial charge on any atom is 0.0548 e. The summed E-state index contributed by atoms with van der Waals surface area (Å²) >= 11 is 9.53. The van der Waals surface area contributed by atoms with Gasteiger partial charge in [-0.3, -0.25) is 0 Å².